The lowest BCUT2D eigenvalue weighted by molar-refractivity contribution is -0.144. The highest BCUT2D eigenvalue weighted by molar-refractivity contribution is 6.27. The van der Waals surface area contributed by atoms with Crippen molar-refractivity contribution in [3.05, 3.63) is 46.6 Å². The van der Waals surface area contributed by atoms with Crippen LogP contribution in [-0.4, -0.2) is 35.9 Å². The maximum absolute atomic E-state index is 12.9. The van der Waals surface area contributed by atoms with Gasteiger partial charge in [-0.05, 0) is 32.1 Å². The lowest BCUT2D eigenvalue weighted by atomic mass is 9.85. The predicted molar refractivity (Wildman–Crippen MR) is 91.0 cm³/mol. The molecule has 0 spiro atoms. The quantitative estimate of drug-likeness (QED) is 0.652. The number of esters is 1. The molecule has 0 fully saturated rings. The first-order valence-corrected chi connectivity index (χ1v) is 7.77. The molecule has 1 N–H and O–H groups in total. The van der Waals surface area contributed by atoms with Crippen molar-refractivity contribution in [1.82, 2.24) is 0 Å². The lowest BCUT2D eigenvalue weighted by Crippen LogP contribution is -2.28. The standard InChI is InChI=1S/C19H20O6/c1-10(2)5-7-15(25-11(3)20)12-9-14(22)17-13(21)6-8-16(24-4)18(17)19(12)23/h5-6,8-9,15,21H,7H2,1-4H3. The third kappa shape index (κ3) is 3.79. The number of fused-ring (bicyclic) bond motifs is 1. The van der Waals surface area contributed by atoms with Crippen LogP contribution in [0.15, 0.2) is 35.4 Å². The average Bonchev–Trinajstić information content (AvgIpc) is 2.54. The summed E-state index contributed by atoms with van der Waals surface area (Å²) in [6, 6.07) is 2.72. The smallest absolute Gasteiger partial charge is 0.303 e. The van der Waals surface area contributed by atoms with E-state index in [4.69, 9.17) is 9.47 Å². The van der Waals surface area contributed by atoms with Gasteiger partial charge in [-0.25, -0.2) is 0 Å². The Kier molecular flexibility index (Phi) is 5.41. The fourth-order valence-electron chi connectivity index (χ4n) is 2.66. The molecule has 2 rings (SSSR count). The van der Waals surface area contributed by atoms with E-state index < -0.39 is 23.6 Å². The van der Waals surface area contributed by atoms with Gasteiger partial charge in [-0.3, -0.25) is 14.4 Å². The Morgan fingerprint density at radius 2 is 1.88 bits per heavy atom. The highest BCUT2D eigenvalue weighted by Crippen LogP contribution is 2.36. The van der Waals surface area contributed by atoms with E-state index in [0.717, 1.165) is 11.6 Å². The molecule has 1 atom stereocenters. The van der Waals surface area contributed by atoms with E-state index in [1.54, 1.807) is 0 Å². The second-order valence-electron chi connectivity index (χ2n) is 5.95. The van der Waals surface area contributed by atoms with Crippen LogP contribution in [0, 0.1) is 0 Å². The summed E-state index contributed by atoms with van der Waals surface area (Å²) in [4.78, 5) is 36.8. The Hall–Kier alpha value is -2.89. The van der Waals surface area contributed by atoms with Gasteiger partial charge in [0, 0.05) is 18.9 Å². The molecular formula is C19H20O6. The molecule has 0 radical (unpaired) electrons. The Bertz CT molecular complexity index is 796. The first-order valence-electron chi connectivity index (χ1n) is 7.77. The SMILES string of the molecule is COc1ccc(O)c2c1C(=O)C(C(CC=C(C)C)OC(C)=O)=CC2=O. The van der Waals surface area contributed by atoms with Crippen molar-refractivity contribution in [3.8, 4) is 11.5 Å². The summed E-state index contributed by atoms with van der Waals surface area (Å²) in [7, 11) is 1.37. The summed E-state index contributed by atoms with van der Waals surface area (Å²) < 4.78 is 10.4. The van der Waals surface area contributed by atoms with Gasteiger partial charge >= 0.3 is 5.97 Å². The highest BCUT2D eigenvalue weighted by atomic mass is 16.5. The van der Waals surface area contributed by atoms with Crippen molar-refractivity contribution in [1.29, 1.82) is 0 Å². The molecule has 1 unspecified atom stereocenters. The number of hydrogen-bond donors (Lipinski definition) is 1. The van der Waals surface area contributed by atoms with Gasteiger partial charge < -0.3 is 14.6 Å². The molecule has 0 bridgehead atoms. The number of rotatable bonds is 5. The van der Waals surface area contributed by atoms with Crippen molar-refractivity contribution < 1.29 is 29.0 Å². The topological polar surface area (TPSA) is 89.9 Å². The van der Waals surface area contributed by atoms with Crippen LogP contribution in [-0.2, 0) is 9.53 Å². The second kappa shape index (κ2) is 7.34. The largest absolute Gasteiger partial charge is 0.507 e. The van der Waals surface area contributed by atoms with E-state index in [-0.39, 0.29) is 34.6 Å². The zero-order valence-electron chi connectivity index (χ0n) is 14.6. The van der Waals surface area contributed by atoms with Gasteiger partial charge in [-0.2, -0.15) is 0 Å². The number of carbonyl (C=O) groups excluding carboxylic acids is 3. The van der Waals surface area contributed by atoms with Crippen LogP contribution in [0.4, 0.5) is 0 Å². The molecule has 132 valence electrons. The lowest BCUT2D eigenvalue weighted by Gasteiger charge is -2.23. The summed E-state index contributed by atoms with van der Waals surface area (Å²) in [5.41, 5.74) is 0.938. The first kappa shape index (κ1) is 18.4. The van der Waals surface area contributed by atoms with Crippen LogP contribution in [0.3, 0.4) is 0 Å². The van der Waals surface area contributed by atoms with Gasteiger partial charge in [0.25, 0.3) is 0 Å². The zero-order valence-corrected chi connectivity index (χ0v) is 14.6. The Balaban J connectivity index is 2.54. The summed E-state index contributed by atoms with van der Waals surface area (Å²) >= 11 is 0. The number of carbonyl (C=O) groups is 3. The van der Waals surface area contributed by atoms with Gasteiger partial charge in [0.05, 0.1) is 18.2 Å². The highest BCUT2D eigenvalue weighted by Gasteiger charge is 2.35. The van der Waals surface area contributed by atoms with Gasteiger partial charge in [0.2, 0.25) is 0 Å². The summed E-state index contributed by atoms with van der Waals surface area (Å²) in [6.07, 6.45) is 2.32. The van der Waals surface area contributed by atoms with Crippen molar-refractivity contribution in [2.45, 2.75) is 33.3 Å². The minimum absolute atomic E-state index is 0.0145. The molecule has 0 saturated heterocycles. The van der Waals surface area contributed by atoms with Crippen LogP contribution in [0.5, 0.6) is 11.5 Å². The predicted octanol–water partition coefficient (Wildman–Crippen LogP) is 2.99. The average molecular weight is 344 g/mol. The monoisotopic (exact) mass is 344 g/mol. The number of allylic oxidation sites excluding steroid dienone is 2. The Labute approximate surface area is 145 Å². The molecule has 1 aliphatic carbocycles. The number of methoxy groups -OCH3 is 1. The second-order valence-corrected chi connectivity index (χ2v) is 5.95. The number of ketones is 2. The Morgan fingerprint density at radius 1 is 1.20 bits per heavy atom. The van der Waals surface area contributed by atoms with E-state index in [1.807, 2.05) is 19.9 Å². The molecule has 0 saturated carbocycles. The maximum atomic E-state index is 12.9. The van der Waals surface area contributed by atoms with E-state index in [9.17, 15) is 19.5 Å². The molecule has 25 heavy (non-hydrogen) atoms. The number of benzene rings is 1. The normalized spacial score (nSPS) is 14.3. The molecule has 0 aliphatic heterocycles. The maximum Gasteiger partial charge on any atom is 0.303 e. The summed E-state index contributed by atoms with van der Waals surface area (Å²) in [6.45, 7) is 5.00. The Morgan fingerprint density at radius 3 is 2.44 bits per heavy atom. The van der Waals surface area contributed by atoms with Gasteiger partial charge in [-0.15, -0.1) is 0 Å². The van der Waals surface area contributed by atoms with Crippen molar-refractivity contribution in [2.24, 2.45) is 0 Å². The van der Waals surface area contributed by atoms with Gasteiger partial charge in [0.15, 0.2) is 11.6 Å². The fourth-order valence-corrected chi connectivity index (χ4v) is 2.66. The minimum atomic E-state index is -0.885. The van der Waals surface area contributed by atoms with Crippen LogP contribution in [0.2, 0.25) is 0 Å². The third-order valence-corrected chi connectivity index (χ3v) is 3.78. The number of phenols is 1. The van der Waals surface area contributed by atoms with E-state index >= 15 is 0 Å². The van der Waals surface area contributed by atoms with Gasteiger partial charge in [0.1, 0.15) is 17.6 Å². The molecule has 0 aromatic heterocycles. The molecule has 1 aromatic carbocycles. The first-order chi connectivity index (χ1) is 11.8. The van der Waals surface area contributed by atoms with Crippen molar-refractivity contribution in [3.63, 3.8) is 0 Å². The third-order valence-electron chi connectivity index (χ3n) is 3.78. The minimum Gasteiger partial charge on any atom is -0.507 e. The van der Waals surface area contributed by atoms with Crippen LogP contribution in [0.25, 0.3) is 0 Å². The van der Waals surface area contributed by atoms with Crippen LogP contribution < -0.4 is 4.74 Å². The van der Waals surface area contributed by atoms with E-state index in [1.165, 1.54) is 26.2 Å². The fraction of sp³-hybridized carbons (Fsp3) is 0.316. The number of ether oxygens (including phenoxy) is 2. The molecule has 6 heteroatoms. The number of Topliss-reactive ketones (excluding diaryl/α,β-unsaturated/α-hetero) is 1. The van der Waals surface area contributed by atoms with Crippen molar-refractivity contribution in [2.75, 3.05) is 7.11 Å². The summed E-state index contributed by atoms with van der Waals surface area (Å²) in [5.74, 6) is -1.70. The molecule has 1 aromatic rings. The molecule has 1 aliphatic rings. The molecular weight excluding hydrogens is 324 g/mol. The van der Waals surface area contributed by atoms with Crippen LogP contribution >= 0.6 is 0 Å². The van der Waals surface area contributed by atoms with E-state index in [2.05, 4.69) is 0 Å². The summed E-state index contributed by atoms with van der Waals surface area (Å²) in [5, 5.41) is 9.96. The number of phenolic OH excluding ortho intramolecular Hbond substituents is 1. The van der Waals surface area contributed by atoms with Gasteiger partial charge in [-0.1, -0.05) is 11.6 Å². The van der Waals surface area contributed by atoms with E-state index in [0.29, 0.717) is 0 Å². The molecule has 6 nitrogen and oxygen atoms in total. The molecule has 0 amide bonds. The number of hydrogen-bond acceptors (Lipinski definition) is 6. The number of aromatic hydroxyl groups is 1. The van der Waals surface area contributed by atoms with Crippen LogP contribution in [0.1, 0.15) is 47.9 Å². The van der Waals surface area contributed by atoms with Crippen molar-refractivity contribution >= 4 is 17.5 Å². The zero-order chi connectivity index (χ0) is 18.7. The molecule has 0 heterocycles.